The Kier molecular flexibility index (Phi) is 4.21. The molecule has 2 aromatic rings. The van der Waals surface area contributed by atoms with Gasteiger partial charge in [0.25, 0.3) is 0 Å². The van der Waals surface area contributed by atoms with Crippen LogP contribution in [0.4, 0.5) is 0 Å². The molecule has 0 spiro atoms. The van der Waals surface area contributed by atoms with Crippen molar-refractivity contribution in [3.05, 3.63) is 56.7 Å². The molecular weight excluding hydrogens is 252 g/mol. The third-order valence-corrected chi connectivity index (χ3v) is 4.28. The van der Waals surface area contributed by atoms with E-state index in [0.717, 1.165) is 21.9 Å². The fourth-order valence-electron chi connectivity index (χ4n) is 1.71. The minimum absolute atomic E-state index is 0.415. The van der Waals surface area contributed by atoms with Gasteiger partial charge in [0.15, 0.2) is 0 Å². The van der Waals surface area contributed by atoms with E-state index in [0.29, 0.717) is 6.42 Å². The number of aliphatic hydroxyl groups is 1. The lowest BCUT2D eigenvalue weighted by molar-refractivity contribution is 0.182. The molecule has 1 nitrogen and oxygen atoms in total. The summed E-state index contributed by atoms with van der Waals surface area (Å²) in [7, 11) is 0. The summed E-state index contributed by atoms with van der Waals surface area (Å²) in [5.41, 5.74) is 1.10. The third kappa shape index (κ3) is 3.32. The van der Waals surface area contributed by atoms with Crippen LogP contribution in [0.15, 0.2) is 36.4 Å². The molecule has 1 atom stereocenters. The predicted octanol–water partition coefficient (Wildman–Crippen LogP) is 4.24. The molecule has 0 aliphatic rings. The second kappa shape index (κ2) is 5.67. The van der Waals surface area contributed by atoms with E-state index in [1.54, 1.807) is 11.3 Å². The maximum absolute atomic E-state index is 10.1. The minimum Gasteiger partial charge on any atom is -0.387 e. The van der Waals surface area contributed by atoms with Gasteiger partial charge in [-0.05, 0) is 36.2 Å². The first-order valence-corrected chi connectivity index (χ1v) is 6.89. The summed E-state index contributed by atoms with van der Waals surface area (Å²) in [4.78, 5) is 2.35. The summed E-state index contributed by atoms with van der Waals surface area (Å²) in [6.45, 7) is 2.13. The van der Waals surface area contributed by atoms with Crippen molar-refractivity contribution in [2.45, 2.75) is 25.9 Å². The number of aliphatic hydroxyl groups excluding tert-OH is 1. The molecule has 0 aliphatic carbocycles. The summed E-state index contributed by atoms with van der Waals surface area (Å²) in [5, 5.41) is 10.9. The normalized spacial score (nSPS) is 12.6. The number of hydrogen-bond acceptors (Lipinski definition) is 2. The molecular formula is C14H15ClOS. The summed E-state index contributed by atoms with van der Waals surface area (Å²) in [6, 6.07) is 11.7. The van der Waals surface area contributed by atoms with Gasteiger partial charge in [-0.1, -0.05) is 30.7 Å². The lowest BCUT2D eigenvalue weighted by atomic mass is 10.1. The van der Waals surface area contributed by atoms with E-state index >= 15 is 0 Å². The molecule has 0 fully saturated rings. The molecule has 1 aromatic carbocycles. The molecule has 0 saturated heterocycles. The lowest BCUT2D eigenvalue weighted by Crippen LogP contribution is -1.99. The van der Waals surface area contributed by atoms with Gasteiger partial charge in [-0.25, -0.2) is 0 Å². The Hall–Kier alpha value is -0.830. The van der Waals surface area contributed by atoms with Crippen LogP contribution in [-0.2, 0) is 12.8 Å². The van der Waals surface area contributed by atoms with Crippen LogP contribution in [0, 0.1) is 0 Å². The van der Waals surface area contributed by atoms with Crippen molar-refractivity contribution in [1.82, 2.24) is 0 Å². The highest BCUT2D eigenvalue weighted by Gasteiger charge is 2.11. The molecule has 1 heterocycles. The maximum Gasteiger partial charge on any atom is 0.0922 e. The zero-order valence-corrected chi connectivity index (χ0v) is 11.3. The van der Waals surface area contributed by atoms with Gasteiger partial charge < -0.3 is 5.11 Å². The molecule has 3 heteroatoms. The van der Waals surface area contributed by atoms with Crippen molar-refractivity contribution in [1.29, 1.82) is 0 Å². The van der Waals surface area contributed by atoms with E-state index in [-0.39, 0.29) is 0 Å². The van der Waals surface area contributed by atoms with Crippen LogP contribution >= 0.6 is 22.9 Å². The van der Waals surface area contributed by atoms with Gasteiger partial charge in [0, 0.05) is 21.2 Å². The predicted molar refractivity (Wildman–Crippen MR) is 73.8 cm³/mol. The van der Waals surface area contributed by atoms with Gasteiger partial charge in [-0.15, -0.1) is 11.3 Å². The Morgan fingerprint density at radius 1 is 1.18 bits per heavy atom. The number of halogens is 1. The molecule has 2 rings (SSSR count). The van der Waals surface area contributed by atoms with E-state index in [1.165, 1.54) is 4.88 Å². The summed E-state index contributed by atoms with van der Waals surface area (Å²) >= 11 is 7.51. The molecule has 0 radical (unpaired) electrons. The maximum atomic E-state index is 10.1. The van der Waals surface area contributed by atoms with E-state index in [2.05, 4.69) is 13.0 Å². The van der Waals surface area contributed by atoms with E-state index in [9.17, 15) is 5.11 Å². The van der Waals surface area contributed by atoms with Gasteiger partial charge in [0.05, 0.1) is 6.10 Å². The summed E-state index contributed by atoms with van der Waals surface area (Å²) in [5.74, 6) is 0. The highest BCUT2D eigenvalue weighted by molar-refractivity contribution is 7.12. The molecule has 0 bridgehead atoms. The Bertz CT molecular complexity index is 475. The number of benzene rings is 1. The summed E-state index contributed by atoms with van der Waals surface area (Å²) < 4.78 is 0. The Morgan fingerprint density at radius 2 is 1.88 bits per heavy atom. The van der Waals surface area contributed by atoms with Crippen molar-refractivity contribution in [2.75, 3.05) is 0 Å². The second-order valence-corrected chi connectivity index (χ2v) is 5.64. The smallest absolute Gasteiger partial charge is 0.0922 e. The van der Waals surface area contributed by atoms with Crippen LogP contribution in [0.2, 0.25) is 5.02 Å². The first kappa shape index (κ1) is 12.6. The van der Waals surface area contributed by atoms with Crippen LogP contribution in [0.5, 0.6) is 0 Å². The SMILES string of the molecule is CCc1ccc(C(O)Cc2ccc(Cl)cc2)s1. The second-order valence-electron chi connectivity index (χ2n) is 4.00. The van der Waals surface area contributed by atoms with E-state index in [4.69, 9.17) is 11.6 Å². The molecule has 1 unspecified atom stereocenters. The number of aryl methyl sites for hydroxylation is 1. The average Bonchev–Trinajstić information content (AvgIpc) is 2.81. The zero-order valence-electron chi connectivity index (χ0n) is 9.69. The van der Waals surface area contributed by atoms with Crippen molar-refractivity contribution >= 4 is 22.9 Å². The molecule has 1 N–H and O–H groups in total. The summed E-state index contributed by atoms with van der Waals surface area (Å²) in [6.07, 6.45) is 1.25. The quantitative estimate of drug-likeness (QED) is 0.878. The number of hydrogen-bond donors (Lipinski definition) is 1. The highest BCUT2D eigenvalue weighted by Crippen LogP contribution is 2.26. The average molecular weight is 267 g/mol. The van der Waals surface area contributed by atoms with Crippen LogP contribution in [0.25, 0.3) is 0 Å². The Morgan fingerprint density at radius 3 is 2.47 bits per heavy atom. The lowest BCUT2D eigenvalue weighted by Gasteiger charge is -2.08. The Balaban J connectivity index is 2.05. The monoisotopic (exact) mass is 266 g/mol. The largest absolute Gasteiger partial charge is 0.387 e. The molecule has 0 saturated carbocycles. The van der Waals surface area contributed by atoms with Crippen LogP contribution < -0.4 is 0 Å². The van der Waals surface area contributed by atoms with E-state index in [1.807, 2.05) is 30.3 Å². The minimum atomic E-state index is -0.415. The standard InChI is InChI=1S/C14H15ClOS/c1-2-12-7-8-14(17-12)13(16)9-10-3-5-11(15)6-4-10/h3-8,13,16H,2,9H2,1H3. The first-order valence-electron chi connectivity index (χ1n) is 5.70. The van der Waals surface area contributed by atoms with Crippen LogP contribution in [0.3, 0.4) is 0 Å². The van der Waals surface area contributed by atoms with Gasteiger partial charge in [0.1, 0.15) is 0 Å². The van der Waals surface area contributed by atoms with Crippen molar-refractivity contribution < 1.29 is 5.11 Å². The van der Waals surface area contributed by atoms with Crippen molar-refractivity contribution in [2.24, 2.45) is 0 Å². The molecule has 0 aliphatic heterocycles. The number of thiophene rings is 1. The number of rotatable bonds is 4. The van der Waals surface area contributed by atoms with E-state index < -0.39 is 6.10 Å². The topological polar surface area (TPSA) is 20.2 Å². The molecule has 0 amide bonds. The van der Waals surface area contributed by atoms with Gasteiger partial charge in [-0.3, -0.25) is 0 Å². The van der Waals surface area contributed by atoms with Gasteiger partial charge >= 0.3 is 0 Å². The van der Waals surface area contributed by atoms with Crippen LogP contribution in [0.1, 0.15) is 28.3 Å². The molecule has 90 valence electrons. The van der Waals surface area contributed by atoms with Gasteiger partial charge in [-0.2, -0.15) is 0 Å². The fourth-order valence-corrected chi connectivity index (χ4v) is 2.77. The third-order valence-electron chi connectivity index (χ3n) is 2.70. The fraction of sp³-hybridized carbons (Fsp3) is 0.286. The molecule has 1 aromatic heterocycles. The van der Waals surface area contributed by atoms with Crippen LogP contribution in [-0.4, -0.2) is 5.11 Å². The van der Waals surface area contributed by atoms with Crippen molar-refractivity contribution in [3.8, 4) is 0 Å². The molecule has 17 heavy (non-hydrogen) atoms. The van der Waals surface area contributed by atoms with Gasteiger partial charge in [0.2, 0.25) is 0 Å². The Labute approximate surface area is 111 Å². The zero-order chi connectivity index (χ0) is 12.3. The first-order chi connectivity index (χ1) is 8.19. The highest BCUT2D eigenvalue weighted by atomic mass is 35.5. The van der Waals surface area contributed by atoms with Crippen molar-refractivity contribution in [3.63, 3.8) is 0 Å².